The van der Waals surface area contributed by atoms with Crippen molar-refractivity contribution in [3.8, 4) is 0 Å². The molecule has 0 N–H and O–H groups in total. The normalized spacial score (nSPS) is 21.6. The van der Waals surface area contributed by atoms with E-state index in [-0.39, 0.29) is 6.04 Å². The van der Waals surface area contributed by atoms with Gasteiger partial charge in [0, 0.05) is 28.8 Å². The molecule has 284 valence electrons. The SMILES string of the molecule is C=C(/C=C\CC)N(c1ccc2c(C3CCCCC3)c3c(c(C4CCCCC4)c2c1)=CCC(N(C1=CCCC=C1)C1=CC=CCC1)C=3)C(C)/C=C\C=C/CC. The maximum absolute atomic E-state index is 4.64. The van der Waals surface area contributed by atoms with Crippen LogP contribution in [0, 0.1) is 0 Å². The van der Waals surface area contributed by atoms with Crippen molar-refractivity contribution < 1.29 is 0 Å². The van der Waals surface area contributed by atoms with E-state index in [1.165, 1.54) is 92.1 Å². The van der Waals surface area contributed by atoms with E-state index < -0.39 is 0 Å². The van der Waals surface area contributed by atoms with Crippen LogP contribution in [0.25, 0.3) is 22.9 Å². The first-order chi connectivity index (χ1) is 26.6. The zero-order chi connectivity index (χ0) is 37.3. The van der Waals surface area contributed by atoms with Gasteiger partial charge in [-0.25, -0.2) is 0 Å². The second-order valence-electron chi connectivity index (χ2n) is 16.5. The quantitative estimate of drug-likeness (QED) is 0.190. The lowest BCUT2D eigenvalue weighted by Crippen LogP contribution is -2.43. The molecule has 54 heavy (non-hydrogen) atoms. The zero-order valence-electron chi connectivity index (χ0n) is 33.7. The van der Waals surface area contributed by atoms with Gasteiger partial charge in [-0.3, -0.25) is 0 Å². The topological polar surface area (TPSA) is 6.48 Å². The molecule has 2 heteroatoms. The van der Waals surface area contributed by atoms with Crippen LogP contribution < -0.4 is 15.3 Å². The summed E-state index contributed by atoms with van der Waals surface area (Å²) < 4.78 is 0. The Balaban J connectivity index is 1.46. The Kier molecular flexibility index (Phi) is 13.1. The lowest BCUT2D eigenvalue weighted by Gasteiger charge is -2.38. The summed E-state index contributed by atoms with van der Waals surface area (Å²) in [6.07, 6.45) is 54.1. The zero-order valence-corrected chi connectivity index (χ0v) is 33.7. The summed E-state index contributed by atoms with van der Waals surface area (Å²) in [5, 5.41) is 6.17. The fraction of sp³-hybridized carbons (Fsp3) is 0.462. The van der Waals surface area contributed by atoms with E-state index in [2.05, 4.69) is 140 Å². The van der Waals surface area contributed by atoms with Crippen LogP contribution in [0.15, 0.2) is 115 Å². The van der Waals surface area contributed by atoms with Gasteiger partial charge in [0.05, 0.1) is 6.04 Å². The minimum absolute atomic E-state index is 0.172. The van der Waals surface area contributed by atoms with E-state index in [0.29, 0.717) is 17.9 Å². The van der Waals surface area contributed by atoms with Crippen molar-refractivity contribution in [2.45, 2.75) is 154 Å². The molecular formula is C52H66N2. The number of allylic oxidation sites excluding steroid dienone is 12. The summed E-state index contributed by atoms with van der Waals surface area (Å²) in [4.78, 5) is 5.18. The predicted octanol–water partition coefficient (Wildman–Crippen LogP) is 13.2. The highest BCUT2D eigenvalue weighted by Gasteiger charge is 2.30. The minimum atomic E-state index is 0.172. The Morgan fingerprint density at radius 1 is 0.815 bits per heavy atom. The Labute approximate surface area is 327 Å². The first kappa shape index (κ1) is 38.2. The van der Waals surface area contributed by atoms with Gasteiger partial charge in [0.1, 0.15) is 0 Å². The summed E-state index contributed by atoms with van der Waals surface area (Å²) in [7, 11) is 0. The molecule has 2 aromatic carbocycles. The fourth-order valence-corrected chi connectivity index (χ4v) is 10.1. The largest absolute Gasteiger partial charge is 0.338 e. The Morgan fingerprint density at radius 3 is 2.22 bits per heavy atom. The second kappa shape index (κ2) is 18.5. The smallest absolute Gasteiger partial charge is 0.0562 e. The van der Waals surface area contributed by atoms with Crippen LogP contribution in [0.3, 0.4) is 0 Å². The van der Waals surface area contributed by atoms with Crippen LogP contribution >= 0.6 is 0 Å². The summed E-state index contributed by atoms with van der Waals surface area (Å²) in [6.45, 7) is 11.4. The summed E-state index contributed by atoms with van der Waals surface area (Å²) in [6, 6.07) is 8.04. The van der Waals surface area contributed by atoms with Crippen molar-refractivity contribution in [3.05, 3.63) is 136 Å². The molecule has 0 spiro atoms. The molecular weight excluding hydrogens is 653 g/mol. The van der Waals surface area contributed by atoms with E-state index in [4.69, 9.17) is 0 Å². The lowest BCUT2D eigenvalue weighted by molar-refractivity contribution is 0.373. The highest BCUT2D eigenvalue weighted by Crippen LogP contribution is 2.41. The number of nitrogens with zero attached hydrogens (tertiary/aromatic N) is 2. The van der Waals surface area contributed by atoms with Gasteiger partial charge in [0.2, 0.25) is 0 Å². The molecule has 2 nitrogen and oxygen atoms in total. The monoisotopic (exact) mass is 719 g/mol. The highest BCUT2D eigenvalue weighted by molar-refractivity contribution is 5.94. The van der Waals surface area contributed by atoms with Gasteiger partial charge in [-0.2, -0.15) is 0 Å². The van der Waals surface area contributed by atoms with E-state index in [0.717, 1.165) is 50.6 Å². The molecule has 0 saturated heterocycles. The van der Waals surface area contributed by atoms with Crippen LogP contribution in [0.4, 0.5) is 5.69 Å². The maximum atomic E-state index is 4.64. The van der Waals surface area contributed by atoms with E-state index >= 15 is 0 Å². The number of anilines is 1. The van der Waals surface area contributed by atoms with Gasteiger partial charge in [-0.05, 0) is 152 Å². The van der Waals surface area contributed by atoms with Gasteiger partial charge in [0.25, 0.3) is 0 Å². The van der Waals surface area contributed by atoms with Gasteiger partial charge in [-0.15, -0.1) is 0 Å². The second-order valence-corrected chi connectivity index (χ2v) is 16.5. The molecule has 2 aromatic rings. The summed E-state index contributed by atoms with van der Waals surface area (Å²) in [5.74, 6) is 1.21. The fourth-order valence-electron chi connectivity index (χ4n) is 10.1. The average Bonchev–Trinajstić information content (AvgIpc) is 3.22. The molecule has 2 atom stereocenters. The van der Waals surface area contributed by atoms with Crippen LogP contribution in [0.5, 0.6) is 0 Å². The van der Waals surface area contributed by atoms with E-state index in [9.17, 15) is 0 Å². The van der Waals surface area contributed by atoms with Crippen molar-refractivity contribution in [1.82, 2.24) is 4.90 Å². The molecule has 5 aliphatic carbocycles. The van der Waals surface area contributed by atoms with Crippen molar-refractivity contribution in [2.24, 2.45) is 0 Å². The van der Waals surface area contributed by atoms with Crippen molar-refractivity contribution >= 4 is 28.6 Å². The lowest BCUT2D eigenvalue weighted by atomic mass is 9.74. The van der Waals surface area contributed by atoms with Crippen LogP contribution in [0.1, 0.15) is 153 Å². The standard InChI is InChI=1S/C52H66N2/c1-5-7-9-14-24-40(4)53(39(3)23-8-6-2)45-33-35-47-49(37-45)51(41-25-15-10-16-26-41)48-36-34-46(38-50(48)52(47)42-27-17-11-18-28-42)54(43-29-19-12-20-30-43)44-31-21-13-22-32-44/h7-9,12,14,19,21,23-24,29,31-33,35-38,40-42,46H,3,5-6,10-11,13,15-18,20,22,25-28,30,34H2,1-2,4H3/b9-7-,23-8-,24-14-. The molecule has 7 rings (SSSR count). The number of hydrogen-bond donors (Lipinski definition) is 0. The first-order valence-electron chi connectivity index (χ1n) is 21.9. The molecule has 0 heterocycles. The molecule has 0 radical (unpaired) electrons. The van der Waals surface area contributed by atoms with Crippen molar-refractivity contribution in [3.63, 3.8) is 0 Å². The number of fused-ring (bicyclic) bond motifs is 2. The van der Waals surface area contributed by atoms with Gasteiger partial charge >= 0.3 is 0 Å². The van der Waals surface area contributed by atoms with E-state index in [1.807, 2.05) is 0 Å². The molecule has 2 saturated carbocycles. The van der Waals surface area contributed by atoms with E-state index in [1.54, 1.807) is 21.6 Å². The molecule has 5 aliphatic rings. The molecule has 0 aromatic heterocycles. The molecule has 2 fully saturated rings. The van der Waals surface area contributed by atoms with Gasteiger partial charge in [0.15, 0.2) is 0 Å². The third-order valence-corrected chi connectivity index (χ3v) is 12.7. The first-order valence-corrected chi connectivity index (χ1v) is 21.9. The molecule has 0 bridgehead atoms. The van der Waals surface area contributed by atoms with Crippen molar-refractivity contribution in [2.75, 3.05) is 4.90 Å². The molecule has 2 unspecified atom stereocenters. The number of hydrogen-bond acceptors (Lipinski definition) is 2. The molecule has 0 amide bonds. The maximum Gasteiger partial charge on any atom is 0.0562 e. The Morgan fingerprint density at radius 2 is 1.56 bits per heavy atom. The number of rotatable bonds is 13. The van der Waals surface area contributed by atoms with Gasteiger partial charge < -0.3 is 9.80 Å². The van der Waals surface area contributed by atoms with Crippen LogP contribution in [-0.4, -0.2) is 17.0 Å². The Bertz CT molecular complexity index is 1980. The number of benzene rings is 2. The minimum Gasteiger partial charge on any atom is -0.338 e. The highest BCUT2D eigenvalue weighted by atomic mass is 15.2. The van der Waals surface area contributed by atoms with Crippen molar-refractivity contribution in [1.29, 1.82) is 0 Å². The summed E-state index contributed by atoms with van der Waals surface area (Å²) >= 11 is 0. The third-order valence-electron chi connectivity index (χ3n) is 12.7. The summed E-state index contributed by atoms with van der Waals surface area (Å²) in [5.41, 5.74) is 8.46. The molecule has 0 aliphatic heterocycles. The predicted molar refractivity (Wildman–Crippen MR) is 236 cm³/mol. The third kappa shape index (κ3) is 8.44. The average molecular weight is 719 g/mol. The van der Waals surface area contributed by atoms with Crippen LogP contribution in [0.2, 0.25) is 0 Å². The van der Waals surface area contributed by atoms with Crippen LogP contribution in [-0.2, 0) is 0 Å². The Hall–Kier alpha value is -4.04. The van der Waals surface area contributed by atoms with Gasteiger partial charge in [-0.1, -0.05) is 132 Å².